The van der Waals surface area contributed by atoms with Crippen molar-refractivity contribution < 1.29 is 4.79 Å². The molecular formula is C18H18N4O2. The topological polar surface area (TPSA) is 68.9 Å². The van der Waals surface area contributed by atoms with E-state index in [0.717, 1.165) is 5.56 Å². The third-order valence-electron chi connectivity index (χ3n) is 3.88. The van der Waals surface area contributed by atoms with Crippen LogP contribution in [0.4, 0.5) is 5.82 Å². The number of aryl methyl sites for hydroxylation is 1. The Morgan fingerprint density at radius 1 is 1.12 bits per heavy atom. The molecule has 0 fully saturated rings. The SMILES string of the molecule is C[C@@H](c1ccccc1)n1ccc(NC(=O)c2ccc(=O)n(C)c2)n1. The number of carbonyl (C=O) groups is 1. The van der Waals surface area contributed by atoms with Gasteiger partial charge in [-0.3, -0.25) is 14.3 Å². The van der Waals surface area contributed by atoms with Crippen LogP contribution in [0.3, 0.4) is 0 Å². The molecule has 0 bridgehead atoms. The van der Waals surface area contributed by atoms with Gasteiger partial charge in [-0.05, 0) is 18.6 Å². The van der Waals surface area contributed by atoms with E-state index in [1.807, 2.05) is 43.5 Å². The van der Waals surface area contributed by atoms with Crippen molar-refractivity contribution in [2.24, 2.45) is 7.05 Å². The second kappa shape index (κ2) is 6.54. The predicted octanol–water partition coefficient (Wildman–Crippen LogP) is 2.44. The molecule has 122 valence electrons. The Labute approximate surface area is 139 Å². The van der Waals surface area contributed by atoms with Crippen LogP contribution in [0.2, 0.25) is 0 Å². The number of rotatable bonds is 4. The molecule has 0 saturated carbocycles. The van der Waals surface area contributed by atoms with Gasteiger partial charge in [-0.25, -0.2) is 0 Å². The van der Waals surface area contributed by atoms with Gasteiger partial charge in [-0.2, -0.15) is 5.10 Å². The standard InChI is InChI=1S/C18H18N4O2/c1-13(14-6-4-3-5-7-14)22-11-10-16(20-22)19-18(24)15-8-9-17(23)21(2)12-15/h3-13H,1-2H3,(H,19,20,24)/t13-/m0/s1. The lowest BCUT2D eigenvalue weighted by Gasteiger charge is -2.12. The molecule has 6 heteroatoms. The Balaban J connectivity index is 1.75. The fourth-order valence-electron chi connectivity index (χ4n) is 2.42. The van der Waals surface area contributed by atoms with Crippen molar-refractivity contribution in [3.63, 3.8) is 0 Å². The van der Waals surface area contributed by atoms with Gasteiger partial charge in [0.1, 0.15) is 0 Å². The van der Waals surface area contributed by atoms with E-state index in [1.165, 1.54) is 22.9 Å². The zero-order valence-electron chi connectivity index (χ0n) is 13.5. The molecule has 0 saturated heterocycles. The number of amides is 1. The Kier molecular flexibility index (Phi) is 4.29. The maximum absolute atomic E-state index is 12.3. The lowest BCUT2D eigenvalue weighted by molar-refractivity contribution is 0.102. The molecule has 2 heterocycles. The second-order valence-electron chi connectivity index (χ2n) is 5.59. The largest absolute Gasteiger partial charge is 0.318 e. The number of carbonyl (C=O) groups excluding carboxylic acids is 1. The van der Waals surface area contributed by atoms with Crippen molar-refractivity contribution in [3.05, 3.63) is 82.4 Å². The van der Waals surface area contributed by atoms with Crippen LogP contribution in [0.25, 0.3) is 0 Å². The van der Waals surface area contributed by atoms with Gasteiger partial charge < -0.3 is 9.88 Å². The average Bonchev–Trinajstić information content (AvgIpc) is 3.06. The smallest absolute Gasteiger partial charge is 0.258 e. The molecule has 2 aromatic heterocycles. The molecule has 1 aromatic carbocycles. The van der Waals surface area contributed by atoms with Crippen LogP contribution in [0, 0.1) is 0 Å². The third-order valence-corrected chi connectivity index (χ3v) is 3.88. The molecule has 0 aliphatic heterocycles. The quantitative estimate of drug-likeness (QED) is 0.802. The minimum atomic E-state index is -0.303. The maximum Gasteiger partial charge on any atom is 0.258 e. The summed E-state index contributed by atoms with van der Waals surface area (Å²) in [5, 5.41) is 7.15. The van der Waals surface area contributed by atoms with E-state index in [-0.39, 0.29) is 17.5 Å². The van der Waals surface area contributed by atoms with Gasteiger partial charge in [-0.15, -0.1) is 0 Å². The first-order valence-electron chi connectivity index (χ1n) is 7.63. The molecule has 0 unspecified atom stereocenters. The Hall–Kier alpha value is -3.15. The zero-order valence-corrected chi connectivity index (χ0v) is 13.5. The summed E-state index contributed by atoms with van der Waals surface area (Å²) in [7, 11) is 1.61. The van der Waals surface area contributed by atoms with Crippen molar-refractivity contribution in [1.29, 1.82) is 0 Å². The Bertz CT molecular complexity index is 912. The Morgan fingerprint density at radius 3 is 2.58 bits per heavy atom. The number of hydrogen-bond acceptors (Lipinski definition) is 3. The first-order valence-corrected chi connectivity index (χ1v) is 7.63. The third kappa shape index (κ3) is 3.27. The molecule has 24 heavy (non-hydrogen) atoms. The molecular weight excluding hydrogens is 304 g/mol. The van der Waals surface area contributed by atoms with Crippen molar-refractivity contribution in [2.45, 2.75) is 13.0 Å². The highest BCUT2D eigenvalue weighted by Crippen LogP contribution is 2.18. The number of benzene rings is 1. The first kappa shape index (κ1) is 15.7. The van der Waals surface area contributed by atoms with Crippen LogP contribution in [0.5, 0.6) is 0 Å². The zero-order chi connectivity index (χ0) is 17.1. The molecule has 0 radical (unpaired) electrons. The molecule has 6 nitrogen and oxygen atoms in total. The fraction of sp³-hybridized carbons (Fsp3) is 0.167. The van der Waals surface area contributed by atoms with Crippen molar-refractivity contribution in [2.75, 3.05) is 5.32 Å². The van der Waals surface area contributed by atoms with E-state index in [1.54, 1.807) is 17.8 Å². The van der Waals surface area contributed by atoms with E-state index in [9.17, 15) is 9.59 Å². The highest BCUT2D eigenvalue weighted by Gasteiger charge is 2.12. The monoisotopic (exact) mass is 322 g/mol. The predicted molar refractivity (Wildman–Crippen MR) is 92.1 cm³/mol. The molecule has 0 aliphatic rings. The van der Waals surface area contributed by atoms with E-state index >= 15 is 0 Å². The van der Waals surface area contributed by atoms with Crippen LogP contribution < -0.4 is 10.9 Å². The minimum absolute atomic E-state index is 0.0643. The summed E-state index contributed by atoms with van der Waals surface area (Å²) >= 11 is 0. The molecule has 0 spiro atoms. The summed E-state index contributed by atoms with van der Waals surface area (Å²) in [6.07, 6.45) is 3.33. The van der Waals surface area contributed by atoms with E-state index in [2.05, 4.69) is 10.4 Å². The minimum Gasteiger partial charge on any atom is -0.318 e. The second-order valence-corrected chi connectivity index (χ2v) is 5.59. The molecule has 1 amide bonds. The van der Waals surface area contributed by atoms with Gasteiger partial charge in [0.25, 0.3) is 5.91 Å². The van der Waals surface area contributed by atoms with Crippen LogP contribution in [0.1, 0.15) is 28.9 Å². The van der Waals surface area contributed by atoms with Gasteiger partial charge in [0, 0.05) is 31.6 Å². The van der Waals surface area contributed by atoms with Crippen molar-refractivity contribution in [3.8, 4) is 0 Å². The highest BCUT2D eigenvalue weighted by atomic mass is 16.2. The van der Waals surface area contributed by atoms with E-state index in [0.29, 0.717) is 11.4 Å². The summed E-state index contributed by atoms with van der Waals surface area (Å²) in [4.78, 5) is 23.6. The molecule has 3 aromatic rings. The van der Waals surface area contributed by atoms with E-state index < -0.39 is 0 Å². The first-order chi connectivity index (χ1) is 11.5. The number of nitrogens with one attached hydrogen (secondary N) is 1. The fourth-order valence-corrected chi connectivity index (χ4v) is 2.42. The molecule has 1 N–H and O–H groups in total. The lowest BCUT2D eigenvalue weighted by atomic mass is 10.1. The number of nitrogens with zero attached hydrogens (tertiary/aromatic N) is 3. The van der Waals surface area contributed by atoms with Crippen LogP contribution in [-0.4, -0.2) is 20.3 Å². The maximum atomic E-state index is 12.3. The summed E-state index contributed by atoms with van der Waals surface area (Å²) < 4.78 is 3.16. The van der Waals surface area contributed by atoms with Gasteiger partial charge in [0.15, 0.2) is 5.82 Å². The summed E-state index contributed by atoms with van der Waals surface area (Å²) in [5.41, 5.74) is 1.38. The summed E-state index contributed by atoms with van der Waals surface area (Å²) in [5.74, 6) is 0.167. The van der Waals surface area contributed by atoms with Gasteiger partial charge in [0.2, 0.25) is 5.56 Å². The average molecular weight is 322 g/mol. The van der Waals surface area contributed by atoms with Crippen LogP contribution in [0.15, 0.2) is 65.7 Å². The summed E-state index contributed by atoms with van der Waals surface area (Å²) in [6, 6.07) is 14.7. The van der Waals surface area contributed by atoms with Gasteiger partial charge >= 0.3 is 0 Å². The van der Waals surface area contributed by atoms with Crippen LogP contribution in [-0.2, 0) is 7.05 Å². The van der Waals surface area contributed by atoms with Gasteiger partial charge in [0.05, 0.1) is 11.6 Å². The molecule has 3 rings (SSSR count). The Morgan fingerprint density at radius 2 is 1.88 bits per heavy atom. The number of hydrogen-bond donors (Lipinski definition) is 1. The lowest BCUT2D eigenvalue weighted by Crippen LogP contribution is -2.19. The van der Waals surface area contributed by atoms with Crippen molar-refractivity contribution in [1.82, 2.24) is 14.3 Å². The van der Waals surface area contributed by atoms with Gasteiger partial charge in [-0.1, -0.05) is 30.3 Å². The number of anilines is 1. The summed E-state index contributed by atoms with van der Waals surface area (Å²) in [6.45, 7) is 2.04. The normalized spacial score (nSPS) is 11.9. The van der Waals surface area contributed by atoms with E-state index in [4.69, 9.17) is 0 Å². The molecule has 0 aliphatic carbocycles. The number of pyridine rings is 1. The highest BCUT2D eigenvalue weighted by molar-refractivity contribution is 6.03. The number of aromatic nitrogens is 3. The molecule has 1 atom stereocenters. The van der Waals surface area contributed by atoms with Crippen molar-refractivity contribution >= 4 is 11.7 Å². The van der Waals surface area contributed by atoms with Crippen LogP contribution >= 0.6 is 0 Å².